The summed E-state index contributed by atoms with van der Waals surface area (Å²) >= 11 is 0. The fraction of sp³-hybridized carbons (Fsp3) is 0.438. The van der Waals surface area contributed by atoms with Gasteiger partial charge in [0.05, 0.1) is 24.2 Å². The van der Waals surface area contributed by atoms with E-state index in [2.05, 4.69) is 15.5 Å². The first kappa shape index (κ1) is 15.5. The van der Waals surface area contributed by atoms with Crippen molar-refractivity contribution in [2.45, 2.75) is 25.9 Å². The molecule has 3 rings (SSSR count). The molecule has 1 aromatic carbocycles. The zero-order valence-corrected chi connectivity index (χ0v) is 13.2. The van der Waals surface area contributed by atoms with E-state index < -0.39 is 0 Å². The molecule has 1 aliphatic rings. The number of benzene rings is 1. The number of carbonyl (C=O) groups is 1. The third-order valence-electron chi connectivity index (χ3n) is 3.84. The highest BCUT2D eigenvalue weighted by molar-refractivity contribution is 5.89. The number of anilines is 1. The zero-order valence-electron chi connectivity index (χ0n) is 13.2. The minimum Gasteiger partial charge on any atom is -0.377 e. The first-order valence-electron chi connectivity index (χ1n) is 7.90. The number of rotatable bonds is 4. The van der Waals surface area contributed by atoms with Crippen LogP contribution in [0.25, 0.3) is 5.69 Å². The quantitative estimate of drug-likeness (QED) is 0.939. The normalized spacial score (nSPS) is 18.0. The molecular weight excluding hydrogens is 294 g/mol. The van der Waals surface area contributed by atoms with Gasteiger partial charge in [-0.05, 0) is 44.0 Å². The summed E-state index contributed by atoms with van der Waals surface area (Å²) in [6, 6.07) is 7.35. The summed E-state index contributed by atoms with van der Waals surface area (Å²) in [6.07, 6.45) is 5.39. The molecule has 7 nitrogen and oxygen atoms in total. The number of aromatic nitrogens is 3. The van der Waals surface area contributed by atoms with Gasteiger partial charge in [-0.3, -0.25) is 0 Å². The second kappa shape index (κ2) is 7.23. The molecule has 0 radical (unpaired) electrons. The van der Waals surface area contributed by atoms with Gasteiger partial charge in [0, 0.05) is 25.4 Å². The fourth-order valence-corrected chi connectivity index (χ4v) is 2.72. The maximum atomic E-state index is 12.4. The Bertz CT molecular complexity index is 624. The average molecular weight is 315 g/mol. The standard InChI is InChI=1S/C16H21N5O2/c1-2-23-15-4-3-11-20(12-15)16(22)19-13-5-7-14(8-6-13)21-17-9-10-18-21/h5-10,15H,2-4,11-12H2,1H3,(H,19,22)/t15-/m1/s1. The Hall–Kier alpha value is -2.41. The van der Waals surface area contributed by atoms with Gasteiger partial charge in [0.15, 0.2) is 0 Å². The minimum absolute atomic E-state index is 0.0839. The van der Waals surface area contributed by atoms with E-state index in [1.807, 2.05) is 36.1 Å². The third-order valence-corrected chi connectivity index (χ3v) is 3.84. The van der Waals surface area contributed by atoms with Gasteiger partial charge in [-0.2, -0.15) is 15.0 Å². The number of hydrogen-bond acceptors (Lipinski definition) is 4. The zero-order chi connectivity index (χ0) is 16.1. The second-order valence-corrected chi connectivity index (χ2v) is 5.46. The number of amides is 2. The van der Waals surface area contributed by atoms with Crippen molar-refractivity contribution >= 4 is 11.7 Å². The van der Waals surface area contributed by atoms with Crippen LogP contribution in [0, 0.1) is 0 Å². The van der Waals surface area contributed by atoms with E-state index in [4.69, 9.17) is 4.74 Å². The molecule has 2 aromatic rings. The topological polar surface area (TPSA) is 72.3 Å². The van der Waals surface area contributed by atoms with Crippen molar-refractivity contribution < 1.29 is 9.53 Å². The molecule has 1 N–H and O–H groups in total. The van der Waals surface area contributed by atoms with E-state index in [9.17, 15) is 4.79 Å². The molecule has 1 fully saturated rings. The van der Waals surface area contributed by atoms with Crippen molar-refractivity contribution in [3.63, 3.8) is 0 Å². The maximum absolute atomic E-state index is 12.4. The summed E-state index contributed by atoms with van der Waals surface area (Å²) in [5.74, 6) is 0. The van der Waals surface area contributed by atoms with Crippen LogP contribution in [0.5, 0.6) is 0 Å². The number of ether oxygens (including phenoxy) is 1. The van der Waals surface area contributed by atoms with Crippen LogP contribution in [0.15, 0.2) is 36.7 Å². The molecule has 122 valence electrons. The van der Waals surface area contributed by atoms with Gasteiger partial charge < -0.3 is 15.0 Å². The molecule has 1 aliphatic heterocycles. The van der Waals surface area contributed by atoms with E-state index in [1.165, 1.54) is 4.80 Å². The number of likely N-dealkylation sites (tertiary alicyclic amines) is 1. The number of piperidine rings is 1. The first-order valence-corrected chi connectivity index (χ1v) is 7.90. The van der Waals surface area contributed by atoms with E-state index in [0.717, 1.165) is 30.8 Å². The van der Waals surface area contributed by atoms with Crippen molar-refractivity contribution in [2.75, 3.05) is 25.0 Å². The largest absolute Gasteiger partial charge is 0.377 e. The molecule has 0 spiro atoms. The van der Waals surface area contributed by atoms with Gasteiger partial charge in [0.2, 0.25) is 0 Å². The van der Waals surface area contributed by atoms with Gasteiger partial charge >= 0.3 is 6.03 Å². The van der Waals surface area contributed by atoms with Crippen molar-refractivity contribution in [3.8, 4) is 5.69 Å². The summed E-state index contributed by atoms with van der Waals surface area (Å²) in [4.78, 5) is 15.7. The Labute approximate surface area is 135 Å². The number of nitrogens with one attached hydrogen (secondary N) is 1. The molecule has 1 aromatic heterocycles. The Morgan fingerprint density at radius 3 is 2.74 bits per heavy atom. The third kappa shape index (κ3) is 3.87. The molecule has 2 heterocycles. The molecule has 7 heteroatoms. The van der Waals surface area contributed by atoms with E-state index >= 15 is 0 Å². The molecule has 0 bridgehead atoms. The number of carbonyl (C=O) groups excluding carboxylic acids is 1. The van der Waals surface area contributed by atoms with E-state index in [-0.39, 0.29) is 12.1 Å². The van der Waals surface area contributed by atoms with Crippen molar-refractivity contribution in [3.05, 3.63) is 36.7 Å². The Morgan fingerprint density at radius 2 is 2.04 bits per heavy atom. The SMILES string of the molecule is CCO[C@@H]1CCCN(C(=O)Nc2ccc(-n3nccn3)cc2)C1. The van der Waals surface area contributed by atoms with Crippen LogP contribution in [0.4, 0.5) is 10.5 Å². The lowest BCUT2D eigenvalue weighted by Gasteiger charge is -2.32. The molecular formula is C16H21N5O2. The summed E-state index contributed by atoms with van der Waals surface area (Å²) in [7, 11) is 0. The van der Waals surface area contributed by atoms with Gasteiger partial charge in [-0.25, -0.2) is 4.79 Å². The minimum atomic E-state index is -0.0839. The van der Waals surface area contributed by atoms with E-state index in [0.29, 0.717) is 13.2 Å². The van der Waals surface area contributed by atoms with Gasteiger partial charge in [0.25, 0.3) is 0 Å². The molecule has 0 saturated carbocycles. The predicted molar refractivity (Wildman–Crippen MR) is 86.6 cm³/mol. The van der Waals surface area contributed by atoms with Crippen molar-refractivity contribution in [1.82, 2.24) is 19.9 Å². The lowest BCUT2D eigenvalue weighted by atomic mass is 10.1. The molecule has 2 amide bonds. The highest BCUT2D eigenvalue weighted by Crippen LogP contribution is 2.16. The lowest BCUT2D eigenvalue weighted by Crippen LogP contribution is -2.45. The van der Waals surface area contributed by atoms with Crippen LogP contribution in [0.2, 0.25) is 0 Å². The highest BCUT2D eigenvalue weighted by Gasteiger charge is 2.23. The molecule has 1 atom stereocenters. The van der Waals surface area contributed by atoms with Gasteiger partial charge in [-0.1, -0.05) is 0 Å². The van der Waals surface area contributed by atoms with Crippen LogP contribution < -0.4 is 5.32 Å². The number of urea groups is 1. The maximum Gasteiger partial charge on any atom is 0.321 e. The number of nitrogens with zero attached hydrogens (tertiary/aromatic N) is 4. The fourth-order valence-electron chi connectivity index (χ4n) is 2.72. The lowest BCUT2D eigenvalue weighted by molar-refractivity contribution is 0.0181. The molecule has 1 saturated heterocycles. The summed E-state index contributed by atoms with van der Waals surface area (Å²) < 4.78 is 5.63. The van der Waals surface area contributed by atoms with Crippen LogP contribution >= 0.6 is 0 Å². The predicted octanol–water partition coefficient (Wildman–Crippen LogP) is 2.30. The van der Waals surface area contributed by atoms with Crippen molar-refractivity contribution in [1.29, 1.82) is 0 Å². The Balaban J connectivity index is 1.59. The molecule has 0 aliphatic carbocycles. The van der Waals surface area contributed by atoms with Gasteiger partial charge in [0.1, 0.15) is 0 Å². The molecule has 23 heavy (non-hydrogen) atoms. The van der Waals surface area contributed by atoms with Crippen LogP contribution in [-0.4, -0.2) is 51.7 Å². The Morgan fingerprint density at radius 1 is 1.30 bits per heavy atom. The van der Waals surface area contributed by atoms with E-state index in [1.54, 1.807) is 12.4 Å². The summed E-state index contributed by atoms with van der Waals surface area (Å²) in [5, 5.41) is 11.1. The van der Waals surface area contributed by atoms with Crippen LogP contribution in [0.1, 0.15) is 19.8 Å². The van der Waals surface area contributed by atoms with Crippen LogP contribution in [0.3, 0.4) is 0 Å². The monoisotopic (exact) mass is 315 g/mol. The van der Waals surface area contributed by atoms with Crippen molar-refractivity contribution in [2.24, 2.45) is 0 Å². The average Bonchev–Trinajstić information content (AvgIpc) is 3.11. The van der Waals surface area contributed by atoms with Crippen LogP contribution in [-0.2, 0) is 4.74 Å². The smallest absolute Gasteiger partial charge is 0.321 e. The Kier molecular flexibility index (Phi) is 4.87. The first-order chi connectivity index (χ1) is 11.3. The second-order valence-electron chi connectivity index (χ2n) is 5.46. The summed E-state index contributed by atoms with van der Waals surface area (Å²) in [6.45, 7) is 4.08. The highest BCUT2D eigenvalue weighted by atomic mass is 16.5. The molecule has 0 unspecified atom stereocenters. The number of hydrogen-bond donors (Lipinski definition) is 1. The van der Waals surface area contributed by atoms with Gasteiger partial charge in [-0.15, -0.1) is 0 Å². The summed E-state index contributed by atoms with van der Waals surface area (Å²) in [5.41, 5.74) is 1.60.